The number of benzene rings is 1. The van der Waals surface area contributed by atoms with Gasteiger partial charge in [0.2, 0.25) is 0 Å². The van der Waals surface area contributed by atoms with E-state index < -0.39 is 10.0 Å². The molecule has 0 radical (unpaired) electrons. The maximum absolute atomic E-state index is 11.9. The van der Waals surface area contributed by atoms with Gasteiger partial charge in [-0.25, -0.2) is 9.51 Å². The monoisotopic (exact) mass is 238 g/mol. The largest absolute Gasteiger partial charge is 0.275 e. The van der Waals surface area contributed by atoms with Crippen LogP contribution in [0.1, 0.15) is 5.56 Å². The molecule has 1 aromatic heterocycles. The van der Waals surface area contributed by atoms with Gasteiger partial charge in [0.1, 0.15) is 12.7 Å². The Morgan fingerprint density at radius 1 is 1.25 bits per heavy atom. The molecule has 16 heavy (non-hydrogen) atoms. The first-order valence-electron chi connectivity index (χ1n) is 4.52. The van der Waals surface area contributed by atoms with Gasteiger partial charge in [0, 0.05) is 0 Å². The van der Waals surface area contributed by atoms with E-state index in [9.17, 15) is 8.42 Å². The van der Waals surface area contributed by atoms with Crippen LogP contribution in [0.3, 0.4) is 0 Å². The van der Waals surface area contributed by atoms with Crippen molar-refractivity contribution in [2.75, 3.05) is 4.83 Å². The van der Waals surface area contributed by atoms with Gasteiger partial charge >= 0.3 is 0 Å². The van der Waals surface area contributed by atoms with Gasteiger partial charge in [0.05, 0.1) is 4.90 Å². The third kappa shape index (κ3) is 2.19. The van der Waals surface area contributed by atoms with Crippen molar-refractivity contribution in [2.45, 2.75) is 11.8 Å². The topological polar surface area (TPSA) is 76.9 Å². The first-order valence-corrected chi connectivity index (χ1v) is 6.00. The van der Waals surface area contributed by atoms with Crippen LogP contribution >= 0.6 is 0 Å². The molecular formula is C9H10N4O2S. The fourth-order valence-electron chi connectivity index (χ4n) is 1.22. The molecule has 0 atom stereocenters. The molecule has 1 heterocycles. The van der Waals surface area contributed by atoms with E-state index in [1.54, 1.807) is 12.1 Å². The molecule has 1 N–H and O–H groups in total. The average Bonchev–Trinajstić information content (AvgIpc) is 2.70. The SMILES string of the molecule is Cc1cccc(S(=O)(=O)Nn2cnnc2)c1. The molecule has 84 valence electrons. The predicted molar refractivity (Wildman–Crippen MR) is 57.7 cm³/mol. The Labute approximate surface area is 93.0 Å². The van der Waals surface area contributed by atoms with E-state index in [4.69, 9.17) is 0 Å². The van der Waals surface area contributed by atoms with E-state index in [2.05, 4.69) is 15.0 Å². The number of nitrogens with zero attached hydrogens (tertiary/aromatic N) is 3. The summed E-state index contributed by atoms with van der Waals surface area (Å²) in [5.41, 5.74) is 0.881. The Bertz CT molecular complexity index is 577. The molecule has 1 aromatic carbocycles. The summed E-state index contributed by atoms with van der Waals surface area (Å²) in [6, 6.07) is 6.64. The molecule has 2 rings (SSSR count). The highest BCUT2D eigenvalue weighted by Crippen LogP contribution is 2.11. The van der Waals surface area contributed by atoms with Gasteiger partial charge in [-0.15, -0.1) is 10.2 Å². The molecular weight excluding hydrogens is 228 g/mol. The van der Waals surface area contributed by atoms with Crippen molar-refractivity contribution in [3.8, 4) is 0 Å². The molecule has 6 nitrogen and oxygen atoms in total. The van der Waals surface area contributed by atoms with Crippen LogP contribution in [0.5, 0.6) is 0 Å². The summed E-state index contributed by atoms with van der Waals surface area (Å²) in [4.78, 5) is 2.52. The number of aromatic nitrogens is 3. The number of hydrogen-bond donors (Lipinski definition) is 1. The average molecular weight is 238 g/mol. The van der Waals surface area contributed by atoms with E-state index >= 15 is 0 Å². The van der Waals surface area contributed by atoms with E-state index in [0.717, 1.165) is 5.56 Å². The summed E-state index contributed by atoms with van der Waals surface area (Å²) in [6.45, 7) is 1.83. The molecule has 0 bridgehead atoms. The first kappa shape index (κ1) is 10.6. The van der Waals surface area contributed by atoms with Crippen LogP contribution in [0.2, 0.25) is 0 Å². The minimum absolute atomic E-state index is 0.209. The van der Waals surface area contributed by atoms with E-state index in [0.29, 0.717) is 0 Å². The smallest absolute Gasteiger partial charge is 0.221 e. The van der Waals surface area contributed by atoms with Crippen molar-refractivity contribution in [1.82, 2.24) is 14.9 Å². The summed E-state index contributed by atoms with van der Waals surface area (Å²) in [5.74, 6) is 0. The van der Waals surface area contributed by atoms with Crippen LogP contribution in [-0.2, 0) is 10.0 Å². The zero-order chi connectivity index (χ0) is 11.6. The molecule has 7 heteroatoms. The fraction of sp³-hybridized carbons (Fsp3) is 0.111. The van der Waals surface area contributed by atoms with Gasteiger partial charge in [-0.3, -0.25) is 0 Å². The first-order chi connectivity index (χ1) is 7.58. The molecule has 0 fully saturated rings. The summed E-state index contributed by atoms with van der Waals surface area (Å²) >= 11 is 0. The number of rotatable bonds is 3. The Kier molecular flexibility index (Phi) is 2.61. The van der Waals surface area contributed by atoms with Gasteiger partial charge in [0.15, 0.2) is 0 Å². The van der Waals surface area contributed by atoms with Gasteiger partial charge in [0.25, 0.3) is 10.0 Å². The quantitative estimate of drug-likeness (QED) is 0.845. The van der Waals surface area contributed by atoms with Crippen LogP contribution in [0.25, 0.3) is 0 Å². The van der Waals surface area contributed by atoms with E-state index in [1.165, 1.54) is 23.4 Å². The van der Waals surface area contributed by atoms with Crippen LogP contribution in [-0.4, -0.2) is 23.3 Å². The molecule has 0 aliphatic heterocycles. The minimum Gasteiger partial charge on any atom is -0.221 e. The standard InChI is InChI=1S/C9H10N4O2S/c1-8-3-2-4-9(5-8)16(14,15)12-13-6-10-11-7-13/h2-7,12H,1H3. The second-order valence-electron chi connectivity index (χ2n) is 3.28. The Hall–Kier alpha value is -1.89. The Balaban J connectivity index is 2.33. The highest BCUT2D eigenvalue weighted by Gasteiger charge is 2.13. The maximum Gasteiger partial charge on any atom is 0.275 e. The second kappa shape index (κ2) is 3.93. The molecule has 0 amide bonds. The third-order valence-electron chi connectivity index (χ3n) is 1.94. The summed E-state index contributed by atoms with van der Waals surface area (Å²) < 4.78 is 24.9. The minimum atomic E-state index is -3.57. The zero-order valence-electron chi connectivity index (χ0n) is 8.53. The zero-order valence-corrected chi connectivity index (χ0v) is 9.35. The Morgan fingerprint density at radius 3 is 2.56 bits per heavy atom. The lowest BCUT2D eigenvalue weighted by atomic mass is 10.2. The fourth-order valence-corrected chi connectivity index (χ4v) is 2.30. The van der Waals surface area contributed by atoms with E-state index in [-0.39, 0.29) is 4.90 Å². The molecule has 2 aromatic rings. The highest BCUT2D eigenvalue weighted by molar-refractivity contribution is 7.92. The summed E-state index contributed by atoms with van der Waals surface area (Å²) in [5, 5.41) is 7.01. The van der Waals surface area contributed by atoms with Gasteiger partial charge < -0.3 is 0 Å². The van der Waals surface area contributed by atoms with Crippen molar-refractivity contribution in [1.29, 1.82) is 0 Å². The highest BCUT2D eigenvalue weighted by atomic mass is 32.2. The molecule has 0 unspecified atom stereocenters. The number of nitrogens with one attached hydrogen (secondary N) is 1. The molecule has 0 aliphatic rings. The number of aryl methyl sites for hydroxylation is 1. The summed E-state index contributed by atoms with van der Waals surface area (Å²) in [6.07, 6.45) is 2.54. The van der Waals surface area contributed by atoms with Crippen molar-refractivity contribution < 1.29 is 8.42 Å². The van der Waals surface area contributed by atoms with Crippen LogP contribution in [0.15, 0.2) is 41.8 Å². The van der Waals surface area contributed by atoms with Crippen LogP contribution in [0.4, 0.5) is 0 Å². The predicted octanol–water partition coefficient (Wildman–Crippen LogP) is 0.519. The van der Waals surface area contributed by atoms with Gasteiger partial charge in [-0.05, 0) is 24.6 Å². The normalized spacial score (nSPS) is 11.3. The lowest BCUT2D eigenvalue weighted by molar-refractivity contribution is 0.595. The molecule has 0 aliphatic carbocycles. The van der Waals surface area contributed by atoms with E-state index in [1.807, 2.05) is 13.0 Å². The molecule has 0 spiro atoms. The van der Waals surface area contributed by atoms with Crippen molar-refractivity contribution in [3.63, 3.8) is 0 Å². The van der Waals surface area contributed by atoms with Crippen LogP contribution in [0, 0.1) is 6.92 Å². The maximum atomic E-state index is 11.9. The molecule has 0 saturated heterocycles. The lowest BCUT2D eigenvalue weighted by Crippen LogP contribution is -2.22. The van der Waals surface area contributed by atoms with Crippen molar-refractivity contribution in [3.05, 3.63) is 42.5 Å². The number of hydrogen-bond acceptors (Lipinski definition) is 4. The van der Waals surface area contributed by atoms with Crippen molar-refractivity contribution in [2.24, 2.45) is 0 Å². The third-order valence-corrected chi connectivity index (χ3v) is 3.27. The van der Waals surface area contributed by atoms with Crippen molar-refractivity contribution >= 4 is 10.0 Å². The summed E-state index contributed by atoms with van der Waals surface area (Å²) in [7, 11) is -3.57. The van der Waals surface area contributed by atoms with Gasteiger partial charge in [-0.1, -0.05) is 12.1 Å². The Morgan fingerprint density at radius 2 is 1.94 bits per heavy atom. The lowest BCUT2D eigenvalue weighted by Gasteiger charge is -2.07. The number of sulfonamides is 1. The van der Waals surface area contributed by atoms with Gasteiger partial charge in [-0.2, -0.15) is 8.42 Å². The molecule has 0 saturated carbocycles. The van der Waals surface area contributed by atoms with Crippen LogP contribution < -0.4 is 4.83 Å². The second-order valence-corrected chi connectivity index (χ2v) is 4.94.